The van der Waals surface area contributed by atoms with E-state index in [2.05, 4.69) is 5.32 Å². The van der Waals surface area contributed by atoms with E-state index in [-0.39, 0.29) is 5.91 Å². The van der Waals surface area contributed by atoms with Crippen LogP contribution in [0.1, 0.15) is 19.4 Å². The summed E-state index contributed by atoms with van der Waals surface area (Å²) in [4.78, 5) is 12.3. The zero-order valence-corrected chi connectivity index (χ0v) is 12.8. The van der Waals surface area contributed by atoms with Gasteiger partial charge in [0, 0.05) is 13.7 Å². The van der Waals surface area contributed by atoms with Crippen LogP contribution in [-0.4, -0.2) is 40.4 Å². The maximum Gasteiger partial charge on any atom is 0.230 e. The molecule has 0 atom stereocenters. The topological polar surface area (TPSA) is 56.8 Å². The lowest BCUT2D eigenvalue weighted by Gasteiger charge is -2.25. The number of methoxy groups -OCH3 is 3. The van der Waals surface area contributed by atoms with Gasteiger partial charge in [-0.3, -0.25) is 4.79 Å². The third-order valence-corrected chi connectivity index (χ3v) is 3.26. The zero-order chi connectivity index (χ0) is 15.2. The van der Waals surface area contributed by atoms with Crippen molar-refractivity contribution < 1.29 is 19.0 Å². The second kappa shape index (κ2) is 7.14. The second-order valence-electron chi connectivity index (χ2n) is 4.94. The summed E-state index contributed by atoms with van der Waals surface area (Å²) in [7, 11) is 4.76. The first-order valence-electron chi connectivity index (χ1n) is 6.47. The number of amides is 1. The monoisotopic (exact) mass is 281 g/mol. The van der Waals surface area contributed by atoms with Crippen LogP contribution in [0.15, 0.2) is 18.2 Å². The lowest BCUT2D eigenvalue weighted by molar-refractivity contribution is -0.125. The van der Waals surface area contributed by atoms with E-state index in [1.54, 1.807) is 27.4 Å². The summed E-state index contributed by atoms with van der Waals surface area (Å²) in [6.07, 6.45) is 0. The smallest absolute Gasteiger partial charge is 0.230 e. The van der Waals surface area contributed by atoms with Crippen molar-refractivity contribution in [2.75, 3.05) is 34.5 Å². The molecule has 0 aliphatic carbocycles. The number of carbonyl (C=O) groups excluding carboxylic acids is 1. The zero-order valence-electron chi connectivity index (χ0n) is 12.8. The van der Waals surface area contributed by atoms with Crippen LogP contribution < -0.4 is 14.8 Å². The van der Waals surface area contributed by atoms with Crippen LogP contribution in [0.2, 0.25) is 0 Å². The number of hydrogen-bond acceptors (Lipinski definition) is 4. The highest BCUT2D eigenvalue weighted by molar-refractivity contribution is 5.87. The van der Waals surface area contributed by atoms with E-state index in [4.69, 9.17) is 14.2 Å². The molecule has 0 saturated carbocycles. The normalized spacial score (nSPS) is 11.1. The first-order chi connectivity index (χ1) is 9.47. The van der Waals surface area contributed by atoms with E-state index < -0.39 is 5.41 Å². The van der Waals surface area contributed by atoms with Crippen molar-refractivity contribution in [1.82, 2.24) is 5.32 Å². The van der Waals surface area contributed by atoms with Crippen LogP contribution in [0.5, 0.6) is 11.5 Å². The van der Waals surface area contributed by atoms with Gasteiger partial charge in [-0.15, -0.1) is 0 Å². The number of hydrogen-bond donors (Lipinski definition) is 1. The molecule has 1 rings (SSSR count). The Balaban J connectivity index is 2.93. The Labute approximate surface area is 120 Å². The second-order valence-corrected chi connectivity index (χ2v) is 4.94. The van der Waals surface area contributed by atoms with E-state index in [9.17, 15) is 4.79 Å². The SMILES string of the molecule is COCCNC(=O)C(C)(C)c1ccc(OC)c(OC)c1. The summed E-state index contributed by atoms with van der Waals surface area (Å²) in [5.41, 5.74) is 0.206. The minimum absolute atomic E-state index is 0.0539. The van der Waals surface area contributed by atoms with Gasteiger partial charge in [-0.1, -0.05) is 6.07 Å². The molecule has 0 saturated heterocycles. The Bertz CT molecular complexity index is 457. The van der Waals surface area contributed by atoms with Crippen LogP contribution in [0, 0.1) is 0 Å². The molecule has 0 aromatic heterocycles. The van der Waals surface area contributed by atoms with E-state index in [0.29, 0.717) is 24.7 Å². The first kappa shape index (κ1) is 16.3. The molecule has 0 radical (unpaired) electrons. The molecule has 0 unspecified atom stereocenters. The standard InChI is InChI=1S/C15H23NO4/c1-15(2,14(17)16-8-9-18-3)11-6-7-12(19-4)13(10-11)20-5/h6-7,10H,8-9H2,1-5H3,(H,16,17). The fourth-order valence-corrected chi connectivity index (χ4v) is 1.84. The first-order valence-corrected chi connectivity index (χ1v) is 6.47. The third-order valence-electron chi connectivity index (χ3n) is 3.26. The average Bonchev–Trinajstić information content (AvgIpc) is 2.46. The molecule has 1 amide bonds. The number of benzene rings is 1. The molecule has 112 valence electrons. The van der Waals surface area contributed by atoms with Gasteiger partial charge in [0.1, 0.15) is 0 Å². The predicted molar refractivity (Wildman–Crippen MR) is 77.5 cm³/mol. The molecule has 0 bridgehead atoms. The van der Waals surface area contributed by atoms with E-state index in [0.717, 1.165) is 5.56 Å². The van der Waals surface area contributed by atoms with E-state index in [1.165, 1.54) is 0 Å². The molecule has 5 heteroatoms. The van der Waals surface area contributed by atoms with Crippen LogP contribution in [0.25, 0.3) is 0 Å². The quantitative estimate of drug-likeness (QED) is 0.774. The predicted octanol–water partition coefficient (Wildman–Crippen LogP) is 1.74. The van der Waals surface area contributed by atoms with Crippen molar-refractivity contribution in [2.24, 2.45) is 0 Å². The molecule has 1 aromatic rings. The number of nitrogens with one attached hydrogen (secondary N) is 1. The minimum atomic E-state index is -0.659. The third kappa shape index (κ3) is 3.63. The maximum atomic E-state index is 12.3. The van der Waals surface area contributed by atoms with Gasteiger partial charge in [0.15, 0.2) is 11.5 Å². The van der Waals surface area contributed by atoms with Gasteiger partial charge in [-0.05, 0) is 31.5 Å². The van der Waals surface area contributed by atoms with Crippen molar-refractivity contribution >= 4 is 5.91 Å². The molecule has 1 N–H and O–H groups in total. The molecule has 0 spiro atoms. The molecule has 0 fully saturated rings. The van der Waals surface area contributed by atoms with Crippen LogP contribution >= 0.6 is 0 Å². The van der Waals surface area contributed by atoms with Gasteiger partial charge in [0.2, 0.25) is 5.91 Å². The van der Waals surface area contributed by atoms with E-state index in [1.807, 2.05) is 26.0 Å². The number of carbonyl (C=O) groups is 1. The summed E-state index contributed by atoms with van der Waals surface area (Å²) < 4.78 is 15.4. The highest BCUT2D eigenvalue weighted by Crippen LogP contribution is 2.33. The van der Waals surface area contributed by atoms with Crippen molar-refractivity contribution in [1.29, 1.82) is 0 Å². The van der Waals surface area contributed by atoms with Crippen LogP contribution in [0.4, 0.5) is 0 Å². The lowest BCUT2D eigenvalue weighted by atomic mass is 9.83. The fraction of sp³-hybridized carbons (Fsp3) is 0.533. The Morgan fingerprint density at radius 3 is 2.35 bits per heavy atom. The summed E-state index contributed by atoms with van der Waals surface area (Å²) in [5.74, 6) is 1.20. The molecule has 0 heterocycles. The van der Waals surface area contributed by atoms with E-state index >= 15 is 0 Å². The van der Waals surface area contributed by atoms with Gasteiger partial charge in [0.05, 0.1) is 26.2 Å². The molecule has 1 aromatic carbocycles. The molecule has 0 aliphatic heterocycles. The van der Waals surface area contributed by atoms with Gasteiger partial charge in [-0.2, -0.15) is 0 Å². The van der Waals surface area contributed by atoms with Crippen molar-refractivity contribution in [3.63, 3.8) is 0 Å². The minimum Gasteiger partial charge on any atom is -0.493 e. The molecule has 20 heavy (non-hydrogen) atoms. The molecular weight excluding hydrogens is 258 g/mol. The molecule has 5 nitrogen and oxygen atoms in total. The fourth-order valence-electron chi connectivity index (χ4n) is 1.84. The number of ether oxygens (including phenoxy) is 3. The summed E-state index contributed by atoms with van der Waals surface area (Å²) in [6.45, 7) is 4.73. The summed E-state index contributed by atoms with van der Waals surface area (Å²) in [6, 6.07) is 5.50. The van der Waals surface area contributed by atoms with Gasteiger partial charge < -0.3 is 19.5 Å². The summed E-state index contributed by atoms with van der Waals surface area (Å²) in [5, 5.41) is 2.85. The Morgan fingerprint density at radius 2 is 1.80 bits per heavy atom. The van der Waals surface area contributed by atoms with Gasteiger partial charge >= 0.3 is 0 Å². The highest BCUT2D eigenvalue weighted by atomic mass is 16.5. The summed E-state index contributed by atoms with van der Waals surface area (Å²) >= 11 is 0. The Kier molecular flexibility index (Phi) is 5.82. The molecule has 0 aliphatic rings. The van der Waals surface area contributed by atoms with Crippen LogP contribution in [0.3, 0.4) is 0 Å². The largest absolute Gasteiger partial charge is 0.493 e. The van der Waals surface area contributed by atoms with Crippen LogP contribution in [-0.2, 0) is 14.9 Å². The number of rotatable bonds is 7. The van der Waals surface area contributed by atoms with Crippen molar-refractivity contribution in [2.45, 2.75) is 19.3 Å². The van der Waals surface area contributed by atoms with Crippen molar-refractivity contribution in [3.8, 4) is 11.5 Å². The maximum absolute atomic E-state index is 12.3. The van der Waals surface area contributed by atoms with Crippen molar-refractivity contribution in [3.05, 3.63) is 23.8 Å². The average molecular weight is 281 g/mol. The molecular formula is C15H23NO4. The highest BCUT2D eigenvalue weighted by Gasteiger charge is 2.30. The Morgan fingerprint density at radius 1 is 1.15 bits per heavy atom. The Hall–Kier alpha value is -1.75. The van der Waals surface area contributed by atoms with Gasteiger partial charge in [-0.25, -0.2) is 0 Å². The lowest BCUT2D eigenvalue weighted by Crippen LogP contribution is -2.41. The van der Waals surface area contributed by atoms with Gasteiger partial charge in [0.25, 0.3) is 0 Å².